The Labute approximate surface area is 116 Å². The van der Waals surface area contributed by atoms with Gasteiger partial charge >= 0.3 is 0 Å². The predicted octanol–water partition coefficient (Wildman–Crippen LogP) is 1.23. The molecule has 0 fully saturated rings. The molecule has 0 unspecified atom stereocenters. The SMILES string of the molecule is CCNCCCS(=O)(=O)N(CC)Cc1ccncc1. The van der Waals surface area contributed by atoms with E-state index in [1.807, 2.05) is 26.0 Å². The van der Waals surface area contributed by atoms with Gasteiger partial charge in [0.05, 0.1) is 5.75 Å². The molecule has 0 atom stereocenters. The molecule has 0 amide bonds. The molecule has 0 aliphatic carbocycles. The van der Waals surface area contributed by atoms with Gasteiger partial charge in [-0.15, -0.1) is 0 Å². The van der Waals surface area contributed by atoms with E-state index in [0.717, 1.165) is 18.7 Å². The van der Waals surface area contributed by atoms with Gasteiger partial charge in [0, 0.05) is 25.5 Å². The molecule has 6 heteroatoms. The van der Waals surface area contributed by atoms with Gasteiger partial charge in [0.25, 0.3) is 0 Å². The van der Waals surface area contributed by atoms with E-state index in [1.165, 1.54) is 4.31 Å². The molecule has 5 nitrogen and oxygen atoms in total. The Kier molecular flexibility index (Phi) is 6.97. The molecule has 1 rings (SSSR count). The topological polar surface area (TPSA) is 62.3 Å². The Bertz CT molecular complexity index is 448. The third-order valence-electron chi connectivity index (χ3n) is 2.86. The zero-order valence-corrected chi connectivity index (χ0v) is 12.5. The number of hydrogen-bond donors (Lipinski definition) is 1. The van der Waals surface area contributed by atoms with E-state index >= 15 is 0 Å². The molecule has 0 spiro atoms. The highest BCUT2D eigenvalue weighted by Crippen LogP contribution is 2.09. The van der Waals surface area contributed by atoms with Crippen molar-refractivity contribution < 1.29 is 8.42 Å². The van der Waals surface area contributed by atoms with Crippen molar-refractivity contribution in [1.82, 2.24) is 14.6 Å². The van der Waals surface area contributed by atoms with Crippen molar-refractivity contribution in [2.24, 2.45) is 0 Å². The molecule has 0 aromatic carbocycles. The third-order valence-corrected chi connectivity index (χ3v) is 4.84. The minimum absolute atomic E-state index is 0.193. The first-order chi connectivity index (χ1) is 9.10. The van der Waals surface area contributed by atoms with Crippen molar-refractivity contribution in [3.8, 4) is 0 Å². The fraction of sp³-hybridized carbons (Fsp3) is 0.615. The van der Waals surface area contributed by atoms with Crippen LogP contribution >= 0.6 is 0 Å². The smallest absolute Gasteiger partial charge is 0.214 e. The third kappa shape index (κ3) is 5.67. The summed E-state index contributed by atoms with van der Waals surface area (Å²) in [7, 11) is -3.18. The number of hydrogen-bond acceptors (Lipinski definition) is 4. The zero-order chi connectivity index (χ0) is 14.1. The Morgan fingerprint density at radius 3 is 2.53 bits per heavy atom. The maximum absolute atomic E-state index is 12.2. The van der Waals surface area contributed by atoms with Crippen LogP contribution in [-0.2, 0) is 16.6 Å². The van der Waals surface area contributed by atoms with E-state index in [2.05, 4.69) is 10.3 Å². The van der Waals surface area contributed by atoms with E-state index in [1.54, 1.807) is 12.4 Å². The van der Waals surface area contributed by atoms with Crippen LogP contribution in [0.5, 0.6) is 0 Å². The Hall–Kier alpha value is -0.980. The second-order valence-corrected chi connectivity index (χ2v) is 6.39. The lowest BCUT2D eigenvalue weighted by molar-refractivity contribution is 0.422. The molecular formula is C13H23N3O2S. The minimum Gasteiger partial charge on any atom is -0.317 e. The van der Waals surface area contributed by atoms with Crippen LogP contribution in [0.1, 0.15) is 25.8 Å². The molecule has 1 heterocycles. The number of pyridine rings is 1. The van der Waals surface area contributed by atoms with Crippen molar-refractivity contribution in [3.63, 3.8) is 0 Å². The van der Waals surface area contributed by atoms with Crippen LogP contribution in [0.2, 0.25) is 0 Å². The van der Waals surface area contributed by atoms with Gasteiger partial charge in [0.15, 0.2) is 0 Å². The van der Waals surface area contributed by atoms with Crippen LogP contribution in [0, 0.1) is 0 Å². The number of sulfonamides is 1. The summed E-state index contributed by atoms with van der Waals surface area (Å²) in [5.41, 5.74) is 0.965. The number of nitrogens with one attached hydrogen (secondary N) is 1. The standard InChI is InChI=1S/C13H23N3O2S/c1-3-14-8-5-11-19(17,18)16(4-2)12-13-6-9-15-10-7-13/h6-7,9-10,14H,3-5,8,11-12H2,1-2H3. The first-order valence-electron chi connectivity index (χ1n) is 6.67. The summed E-state index contributed by atoms with van der Waals surface area (Å²) >= 11 is 0. The normalized spacial score (nSPS) is 11.9. The van der Waals surface area contributed by atoms with Crippen molar-refractivity contribution >= 4 is 10.0 Å². The summed E-state index contributed by atoms with van der Waals surface area (Å²) in [6, 6.07) is 3.69. The molecule has 0 aliphatic rings. The van der Waals surface area contributed by atoms with Crippen LogP contribution in [0.4, 0.5) is 0 Å². The first kappa shape index (κ1) is 16.1. The molecule has 1 aromatic heterocycles. The maximum Gasteiger partial charge on any atom is 0.214 e. The number of nitrogens with zero attached hydrogens (tertiary/aromatic N) is 2. The van der Waals surface area contributed by atoms with Crippen LogP contribution in [0.3, 0.4) is 0 Å². The molecule has 108 valence electrons. The number of rotatable bonds is 9. The monoisotopic (exact) mass is 285 g/mol. The van der Waals surface area contributed by atoms with Gasteiger partial charge in [-0.3, -0.25) is 4.98 Å². The van der Waals surface area contributed by atoms with Gasteiger partial charge in [0.2, 0.25) is 10.0 Å². The molecule has 0 radical (unpaired) electrons. The van der Waals surface area contributed by atoms with E-state index < -0.39 is 10.0 Å². The molecular weight excluding hydrogens is 262 g/mol. The van der Waals surface area contributed by atoms with Crippen molar-refractivity contribution in [3.05, 3.63) is 30.1 Å². The van der Waals surface area contributed by atoms with Gasteiger partial charge in [0.1, 0.15) is 0 Å². The second kappa shape index (κ2) is 8.24. The van der Waals surface area contributed by atoms with E-state index in [4.69, 9.17) is 0 Å². The maximum atomic E-state index is 12.2. The Morgan fingerprint density at radius 1 is 1.26 bits per heavy atom. The molecule has 0 saturated heterocycles. The van der Waals surface area contributed by atoms with Crippen LogP contribution in [-0.4, -0.2) is 43.1 Å². The van der Waals surface area contributed by atoms with Gasteiger partial charge < -0.3 is 5.32 Å². The van der Waals surface area contributed by atoms with Crippen molar-refractivity contribution in [2.75, 3.05) is 25.4 Å². The summed E-state index contributed by atoms with van der Waals surface area (Å²) in [5.74, 6) is 0.193. The number of aromatic nitrogens is 1. The summed E-state index contributed by atoms with van der Waals surface area (Å²) in [6.45, 7) is 6.39. The molecule has 19 heavy (non-hydrogen) atoms. The average molecular weight is 285 g/mol. The van der Waals surface area contributed by atoms with Crippen LogP contribution in [0.15, 0.2) is 24.5 Å². The van der Waals surface area contributed by atoms with Gasteiger partial charge in [-0.2, -0.15) is 4.31 Å². The lowest BCUT2D eigenvalue weighted by Crippen LogP contribution is -2.33. The molecule has 0 aliphatic heterocycles. The van der Waals surface area contributed by atoms with Crippen LogP contribution in [0.25, 0.3) is 0 Å². The molecule has 1 aromatic rings. The first-order valence-corrected chi connectivity index (χ1v) is 8.28. The van der Waals surface area contributed by atoms with Gasteiger partial charge in [-0.25, -0.2) is 8.42 Å². The largest absolute Gasteiger partial charge is 0.317 e. The van der Waals surface area contributed by atoms with E-state index in [9.17, 15) is 8.42 Å². The molecule has 0 saturated carbocycles. The van der Waals surface area contributed by atoms with E-state index in [0.29, 0.717) is 19.5 Å². The van der Waals surface area contributed by atoms with Crippen molar-refractivity contribution in [1.29, 1.82) is 0 Å². The highest BCUT2D eigenvalue weighted by atomic mass is 32.2. The predicted molar refractivity (Wildman–Crippen MR) is 77.3 cm³/mol. The fourth-order valence-corrected chi connectivity index (χ4v) is 3.29. The lowest BCUT2D eigenvalue weighted by Gasteiger charge is -2.20. The Balaban J connectivity index is 2.57. The van der Waals surface area contributed by atoms with Crippen LogP contribution < -0.4 is 5.32 Å². The Morgan fingerprint density at radius 2 is 1.95 bits per heavy atom. The summed E-state index contributed by atoms with van der Waals surface area (Å²) < 4.78 is 25.9. The minimum atomic E-state index is -3.18. The van der Waals surface area contributed by atoms with Crippen molar-refractivity contribution in [2.45, 2.75) is 26.8 Å². The van der Waals surface area contributed by atoms with E-state index in [-0.39, 0.29) is 5.75 Å². The quantitative estimate of drug-likeness (QED) is 0.693. The summed E-state index contributed by atoms with van der Waals surface area (Å²) in [5, 5.41) is 3.14. The highest BCUT2D eigenvalue weighted by Gasteiger charge is 2.19. The lowest BCUT2D eigenvalue weighted by atomic mass is 10.3. The van der Waals surface area contributed by atoms with Gasteiger partial charge in [-0.05, 0) is 37.2 Å². The zero-order valence-electron chi connectivity index (χ0n) is 11.7. The second-order valence-electron chi connectivity index (χ2n) is 4.30. The molecule has 0 bridgehead atoms. The summed E-state index contributed by atoms with van der Waals surface area (Å²) in [4.78, 5) is 3.93. The average Bonchev–Trinajstić information content (AvgIpc) is 2.42. The molecule has 1 N–H and O–H groups in total. The van der Waals surface area contributed by atoms with Gasteiger partial charge in [-0.1, -0.05) is 13.8 Å². The fourth-order valence-electron chi connectivity index (χ4n) is 1.78. The highest BCUT2D eigenvalue weighted by molar-refractivity contribution is 7.89. The summed E-state index contributed by atoms with van der Waals surface area (Å²) in [6.07, 6.45) is 4.00.